The topological polar surface area (TPSA) is 136 Å². The summed E-state index contributed by atoms with van der Waals surface area (Å²) in [4.78, 5) is 69.7. The lowest BCUT2D eigenvalue weighted by Gasteiger charge is -2.49. The molecule has 0 spiro atoms. The number of halogens is 1. The van der Waals surface area contributed by atoms with Gasteiger partial charge in [-0.05, 0) is 79.4 Å². The van der Waals surface area contributed by atoms with Gasteiger partial charge in [0.2, 0.25) is 11.8 Å². The Balaban J connectivity index is 0.780. The number of ketones is 2. The number of benzene rings is 2. The molecule has 1 N–H and O–H groups in total. The average Bonchev–Trinajstić information content (AvgIpc) is 3.91. The molecular weight excluding hydrogens is 714 g/mol. The van der Waals surface area contributed by atoms with Crippen LogP contribution in [0.4, 0.5) is 21.7 Å². The first kappa shape index (κ1) is 34.5. The van der Waals surface area contributed by atoms with E-state index in [1.54, 1.807) is 24.3 Å². The quantitative estimate of drug-likeness (QED) is 0.188. The second-order valence-corrected chi connectivity index (χ2v) is 15.5. The Kier molecular flexibility index (Phi) is 8.38. The van der Waals surface area contributed by atoms with E-state index in [2.05, 4.69) is 29.9 Å². The fourth-order valence-electron chi connectivity index (χ4n) is 9.24. The molecule has 284 valence electrons. The summed E-state index contributed by atoms with van der Waals surface area (Å²) < 4.78 is 16.0. The number of hydrogen-bond acceptors (Lipinski definition) is 11. The van der Waals surface area contributed by atoms with Crippen molar-refractivity contribution in [3.63, 3.8) is 0 Å². The van der Waals surface area contributed by atoms with E-state index in [0.29, 0.717) is 17.2 Å². The minimum absolute atomic E-state index is 0.0592. The third-order valence-corrected chi connectivity index (χ3v) is 12.3. The van der Waals surface area contributed by atoms with E-state index in [4.69, 9.17) is 10.1 Å². The summed E-state index contributed by atoms with van der Waals surface area (Å²) in [6.07, 6.45) is 4.09. The zero-order valence-corrected chi connectivity index (χ0v) is 30.7. The van der Waals surface area contributed by atoms with Crippen molar-refractivity contribution < 1.29 is 23.6 Å². The molecule has 0 saturated carbocycles. The summed E-state index contributed by atoms with van der Waals surface area (Å²) in [6, 6.07) is 22.7. The smallest absolute Gasteiger partial charge is 0.230 e. The van der Waals surface area contributed by atoms with Crippen molar-refractivity contribution in [1.29, 1.82) is 0 Å². The van der Waals surface area contributed by atoms with E-state index in [1.165, 1.54) is 6.07 Å². The zero-order valence-electron chi connectivity index (χ0n) is 30.7. The lowest BCUT2D eigenvalue weighted by Crippen LogP contribution is -2.63. The summed E-state index contributed by atoms with van der Waals surface area (Å²) in [5.74, 6) is -1.94. The van der Waals surface area contributed by atoms with Gasteiger partial charge in [-0.15, -0.1) is 5.10 Å². The van der Waals surface area contributed by atoms with Gasteiger partial charge in [-0.3, -0.25) is 29.4 Å². The van der Waals surface area contributed by atoms with Crippen LogP contribution in [0.25, 0.3) is 17.0 Å². The largest absolute Gasteiger partial charge is 0.368 e. The van der Waals surface area contributed by atoms with Gasteiger partial charge in [0.15, 0.2) is 17.2 Å². The number of nitrogens with zero attached hydrogens (tertiary/aromatic N) is 8. The maximum atomic E-state index is 14.1. The van der Waals surface area contributed by atoms with Crippen molar-refractivity contribution in [2.24, 2.45) is 11.8 Å². The fourth-order valence-corrected chi connectivity index (χ4v) is 9.24. The molecule has 2 amide bonds. The second-order valence-electron chi connectivity index (χ2n) is 15.5. The Labute approximate surface area is 322 Å². The molecule has 13 nitrogen and oxygen atoms in total. The Morgan fingerprint density at radius 3 is 2.41 bits per heavy atom. The summed E-state index contributed by atoms with van der Waals surface area (Å²) in [5, 5.41) is 7.31. The van der Waals surface area contributed by atoms with Crippen LogP contribution in [0.2, 0.25) is 0 Å². The number of piperidine rings is 1. The molecule has 14 heteroatoms. The summed E-state index contributed by atoms with van der Waals surface area (Å²) >= 11 is 0. The number of piperazine rings is 1. The van der Waals surface area contributed by atoms with Crippen LogP contribution in [-0.2, 0) is 9.59 Å². The van der Waals surface area contributed by atoms with Crippen LogP contribution >= 0.6 is 0 Å². The van der Waals surface area contributed by atoms with E-state index in [-0.39, 0.29) is 42.2 Å². The molecule has 3 aromatic heterocycles. The van der Waals surface area contributed by atoms with Gasteiger partial charge in [-0.1, -0.05) is 18.2 Å². The number of fused-ring (bicyclic) bond motifs is 2. The predicted molar refractivity (Wildman–Crippen MR) is 206 cm³/mol. The number of rotatable bonds is 7. The SMILES string of the molecule is O=C1CCC(C2C(=O)c3ccc(N4CC(N5CCN(c6cccc(-c7cnc8ccc(N9CCC[C@@H]9c9cccc(F)c9)nn78)n6)CC5)C4)cc3C2=O)C(=O)N1. The Bertz CT molecular complexity index is 2420. The molecule has 2 unspecified atom stereocenters. The summed E-state index contributed by atoms with van der Waals surface area (Å²) in [5.41, 5.74) is 4.91. The van der Waals surface area contributed by atoms with E-state index in [9.17, 15) is 23.6 Å². The van der Waals surface area contributed by atoms with Crippen molar-refractivity contribution >= 4 is 46.4 Å². The van der Waals surface area contributed by atoms with Crippen LogP contribution in [0, 0.1) is 17.7 Å². The first-order valence-corrected chi connectivity index (χ1v) is 19.4. The number of anilines is 3. The minimum Gasteiger partial charge on any atom is -0.368 e. The third-order valence-electron chi connectivity index (χ3n) is 12.3. The van der Waals surface area contributed by atoms with Gasteiger partial charge in [0, 0.05) is 75.1 Å². The molecular formula is C42H40FN9O4. The standard InChI is InChI=1S/C42H40FN9O4/c43-26-5-1-4-25(20-26)33-7-3-15-51(33)37-13-12-35-44-22-34(52(35)47-37)32-6-2-8-36(45-32)49-18-16-48(17-19-49)28-23-50(24-28)27-9-10-29-31(21-27)41(55)39(40(29)54)30-11-14-38(53)46-42(30)56/h1-2,4-6,8-10,12-13,20-22,28,30,33,39H,3,7,11,14-19,23-24H2,(H,46,53,56)/t30?,33-,39?/m1/s1. The fraction of sp³-hybridized carbons (Fsp3) is 0.357. The van der Waals surface area contributed by atoms with Crippen LogP contribution in [0.3, 0.4) is 0 Å². The lowest BCUT2D eigenvalue weighted by molar-refractivity contribution is -0.137. The van der Waals surface area contributed by atoms with Crippen molar-refractivity contribution in [3.8, 4) is 11.4 Å². The Hall–Kier alpha value is -6.02. The molecule has 0 bridgehead atoms. The number of aromatic nitrogens is 4. The van der Waals surface area contributed by atoms with E-state index in [0.717, 1.165) is 98.6 Å². The monoisotopic (exact) mass is 753 g/mol. The van der Waals surface area contributed by atoms with E-state index >= 15 is 0 Å². The highest BCUT2D eigenvalue weighted by Crippen LogP contribution is 2.39. The Morgan fingerprint density at radius 2 is 1.59 bits per heavy atom. The highest BCUT2D eigenvalue weighted by Gasteiger charge is 2.48. The maximum absolute atomic E-state index is 14.1. The molecule has 2 aromatic carbocycles. The normalized spacial score (nSPS) is 23.2. The van der Waals surface area contributed by atoms with Gasteiger partial charge in [0.1, 0.15) is 23.1 Å². The van der Waals surface area contributed by atoms with Crippen LogP contribution in [-0.4, -0.2) is 99.7 Å². The number of Topliss-reactive ketones (excluding diaryl/α,β-unsaturated/α-hetero) is 2. The first-order valence-electron chi connectivity index (χ1n) is 19.4. The van der Waals surface area contributed by atoms with Crippen LogP contribution in [0.1, 0.15) is 58.0 Å². The highest BCUT2D eigenvalue weighted by atomic mass is 19.1. The third kappa shape index (κ3) is 5.90. The van der Waals surface area contributed by atoms with Gasteiger partial charge in [0.05, 0.1) is 29.8 Å². The average molecular weight is 754 g/mol. The van der Waals surface area contributed by atoms with Crippen LogP contribution in [0.5, 0.6) is 0 Å². The molecule has 10 rings (SSSR count). The maximum Gasteiger partial charge on any atom is 0.230 e. The van der Waals surface area contributed by atoms with Crippen molar-refractivity contribution in [3.05, 3.63) is 102 Å². The molecule has 5 aliphatic rings. The number of nitrogens with one attached hydrogen (secondary N) is 1. The van der Waals surface area contributed by atoms with Crippen molar-refractivity contribution in [2.45, 2.75) is 37.8 Å². The van der Waals surface area contributed by atoms with Crippen molar-refractivity contribution in [2.75, 3.05) is 60.5 Å². The van der Waals surface area contributed by atoms with Crippen LogP contribution < -0.4 is 20.0 Å². The molecule has 3 atom stereocenters. The van der Waals surface area contributed by atoms with Gasteiger partial charge in [0.25, 0.3) is 0 Å². The molecule has 4 aliphatic heterocycles. The van der Waals surface area contributed by atoms with Crippen LogP contribution in [0.15, 0.2) is 79.0 Å². The number of pyridine rings is 1. The number of hydrogen-bond donors (Lipinski definition) is 1. The van der Waals surface area contributed by atoms with E-state index in [1.807, 2.05) is 53.2 Å². The highest BCUT2D eigenvalue weighted by molar-refractivity contribution is 6.28. The molecule has 4 saturated heterocycles. The minimum atomic E-state index is -1.06. The number of imidazole rings is 1. The predicted octanol–water partition coefficient (Wildman–Crippen LogP) is 4.33. The number of carbonyl (C=O) groups is 4. The van der Waals surface area contributed by atoms with Crippen molar-refractivity contribution in [1.82, 2.24) is 29.8 Å². The van der Waals surface area contributed by atoms with E-state index < -0.39 is 17.7 Å². The summed E-state index contributed by atoms with van der Waals surface area (Å²) in [6.45, 7) is 5.90. The van der Waals surface area contributed by atoms with Gasteiger partial charge < -0.3 is 14.7 Å². The first-order chi connectivity index (χ1) is 27.3. The van der Waals surface area contributed by atoms with Gasteiger partial charge >= 0.3 is 0 Å². The molecule has 0 radical (unpaired) electrons. The number of imide groups is 1. The number of carbonyl (C=O) groups excluding carboxylic acids is 4. The molecule has 56 heavy (non-hydrogen) atoms. The molecule has 5 aromatic rings. The number of amides is 2. The molecule has 1 aliphatic carbocycles. The molecule has 4 fully saturated rings. The Morgan fingerprint density at radius 1 is 0.768 bits per heavy atom. The second kappa shape index (κ2) is 13.6. The molecule has 7 heterocycles. The van der Waals surface area contributed by atoms with Gasteiger partial charge in [-0.2, -0.15) is 0 Å². The summed E-state index contributed by atoms with van der Waals surface area (Å²) in [7, 11) is 0. The zero-order chi connectivity index (χ0) is 38.1. The van der Waals surface area contributed by atoms with Gasteiger partial charge in [-0.25, -0.2) is 18.9 Å². The lowest BCUT2D eigenvalue weighted by atomic mass is 9.82.